The molecule has 1 heterocycles. The molecular formula is C20H21N3O. The molecule has 4 heteroatoms. The zero-order valence-electron chi connectivity index (χ0n) is 14.0. The lowest BCUT2D eigenvalue weighted by Crippen LogP contribution is -2.39. The Morgan fingerprint density at radius 1 is 1.00 bits per heavy atom. The molecule has 0 unspecified atom stereocenters. The minimum atomic E-state index is 0.0268. The number of hydrogen-bond donors (Lipinski definition) is 0. The second-order valence-corrected chi connectivity index (χ2v) is 5.99. The molecule has 0 spiro atoms. The van der Waals surface area contributed by atoms with E-state index in [-0.39, 0.29) is 18.5 Å². The van der Waals surface area contributed by atoms with Gasteiger partial charge < -0.3 is 4.90 Å². The van der Waals surface area contributed by atoms with Crippen LogP contribution in [-0.2, 0) is 11.3 Å². The first-order valence-electron chi connectivity index (χ1n) is 8.10. The van der Waals surface area contributed by atoms with Gasteiger partial charge in [0.05, 0.1) is 6.20 Å². The van der Waals surface area contributed by atoms with Gasteiger partial charge in [-0.3, -0.25) is 9.48 Å². The van der Waals surface area contributed by atoms with Gasteiger partial charge >= 0.3 is 0 Å². The maximum absolute atomic E-state index is 12.8. The summed E-state index contributed by atoms with van der Waals surface area (Å²) in [4.78, 5) is 14.6. The molecule has 0 fully saturated rings. The lowest BCUT2D eigenvalue weighted by Gasteiger charge is -2.26. The molecule has 3 aromatic rings. The predicted octanol–water partition coefficient (Wildman–Crippen LogP) is 3.99. The molecule has 0 aliphatic carbocycles. The SMILES string of the molecule is CC(C)N(C(=O)Cn1cc(-c2ccccc2)cn1)c1ccccc1. The van der Waals surface area contributed by atoms with Gasteiger partial charge in [0.1, 0.15) is 6.54 Å². The van der Waals surface area contributed by atoms with Gasteiger partial charge in [-0.05, 0) is 31.5 Å². The van der Waals surface area contributed by atoms with Crippen LogP contribution in [0.3, 0.4) is 0 Å². The number of carbonyl (C=O) groups excluding carboxylic acids is 1. The first-order valence-corrected chi connectivity index (χ1v) is 8.10. The van der Waals surface area contributed by atoms with Crippen molar-refractivity contribution in [3.63, 3.8) is 0 Å². The second-order valence-electron chi connectivity index (χ2n) is 5.99. The van der Waals surface area contributed by atoms with Crippen molar-refractivity contribution in [3.8, 4) is 11.1 Å². The van der Waals surface area contributed by atoms with Crippen molar-refractivity contribution in [2.45, 2.75) is 26.4 Å². The third kappa shape index (κ3) is 3.54. The highest BCUT2D eigenvalue weighted by Crippen LogP contribution is 2.19. The Kier molecular flexibility index (Phi) is 4.75. The van der Waals surface area contributed by atoms with Gasteiger partial charge in [0.15, 0.2) is 0 Å². The van der Waals surface area contributed by atoms with Crippen LogP contribution in [0.25, 0.3) is 11.1 Å². The fourth-order valence-corrected chi connectivity index (χ4v) is 2.76. The summed E-state index contributed by atoms with van der Waals surface area (Å²) in [5, 5.41) is 4.34. The van der Waals surface area contributed by atoms with Gasteiger partial charge in [0.2, 0.25) is 5.91 Å². The van der Waals surface area contributed by atoms with E-state index in [4.69, 9.17) is 0 Å². The summed E-state index contributed by atoms with van der Waals surface area (Å²) in [6.07, 6.45) is 3.71. The summed E-state index contributed by atoms with van der Waals surface area (Å²) in [6, 6.07) is 19.9. The topological polar surface area (TPSA) is 38.1 Å². The summed E-state index contributed by atoms with van der Waals surface area (Å²) in [5.74, 6) is 0.0268. The van der Waals surface area contributed by atoms with E-state index in [0.717, 1.165) is 16.8 Å². The molecule has 0 bridgehead atoms. The molecule has 24 heavy (non-hydrogen) atoms. The van der Waals surface area contributed by atoms with Crippen LogP contribution in [-0.4, -0.2) is 21.7 Å². The van der Waals surface area contributed by atoms with E-state index in [1.54, 1.807) is 10.9 Å². The molecule has 1 amide bonds. The first kappa shape index (κ1) is 16.0. The van der Waals surface area contributed by atoms with E-state index in [2.05, 4.69) is 5.10 Å². The number of carbonyl (C=O) groups is 1. The van der Waals surface area contributed by atoms with Gasteiger partial charge in [-0.1, -0.05) is 48.5 Å². The van der Waals surface area contributed by atoms with E-state index < -0.39 is 0 Å². The number of benzene rings is 2. The summed E-state index contributed by atoms with van der Waals surface area (Å²) in [7, 11) is 0. The van der Waals surface area contributed by atoms with Crippen LogP contribution in [0.5, 0.6) is 0 Å². The van der Waals surface area contributed by atoms with E-state index in [1.807, 2.05) is 85.6 Å². The van der Waals surface area contributed by atoms with Gasteiger partial charge in [-0.15, -0.1) is 0 Å². The number of aromatic nitrogens is 2. The average molecular weight is 319 g/mol. The van der Waals surface area contributed by atoms with Crippen LogP contribution in [0.1, 0.15) is 13.8 Å². The lowest BCUT2D eigenvalue weighted by molar-refractivity contribution is -0.119. The largest absolute Gasteiger partial charge is 0.308 e. The Bertz CT molecular complexity index is 794. The number of hydrogen-bond acceptors (Lipinski definition) is 2. The number of anilines is 1. The Morgan fingerprint density at radius 2 is 1.62 bits per heavy atom. The van der Waals surface area contributed by atoms with Crippen molar-refractivity contribution in [2.75, 3.05) is 4.90 Å². The molecule has 0 radical (unpaired) electrons. The number of para-hydroxylation sites is 1. The summed E-state index contributed by atoms with van der Waals surface area (Å²) < 4.78 is 1.70. The molecule has 4 nitrogen and oxygen atoms in total. The molecule has 0 aliphatic heterocycles. The second kappa shape index (κ2) is 7.13. The molecule has 0 N–H and O–H groups in total. The van der Waals surface area contributed by atoms with Crippen LogP contribution in [0, 0.1) is 0 Å². The van der Waals surface area contributed by atoms with Gasteiger partial charge in [-0.2, -0.15) is 5.10 Å². The van der Waals surface area contributed by atoms with E-state index in [9.17, 15) is 4.79 Å². The normalized spacial score (nSPS) is 10.8. The number of rotatable bonds is 5. The zero-order chi connectivity index (χ0) is 16.9. The standard InChI is InChI=1S/C20H21N3O/c1-16(2)23(19-11-7-4-8-12-19)20(24)15-22-14-18(13-21-22)17-9-5-3-6-10-17/h3-14,16H,15H2,1-2H3. The molecule has 1 aromatic heterocycles. The zero-order valence-corrected chi connectivity index (χ0v) is 14.0. The van der Waals surface area contributed by atoms with Crippen LogP contribution < -0.4 is 4.90 Å². The maximum Gasteiger partial charge on any atom is 0.248 e. The number of nitrogens with zero attached hydrogens (tertiary/aromatic N) is 3. The third-order valence-corrected chi connectivity index (χ3v) is 3.86. The predicted molar refractivity (Wildman–Crippen MR) is 96.7 cm³/mol. The Hall–Kier alpha value is -2.88. The van der Waals surface area contributed by atoms with Crippen molar-refractivity contribution in [2.24, 2.45) is 0 Å². The van der Waals surface area contributed by atoms with Crippen LogP contribution in [0.15, 0.2) is 73.1 Å². The molecule has 3 rings (SSSR count). The quantitative estimate of drug-likeness (QED) is 0.713. The molecule has 0 saturated heterocycles. The molecule has 0 atom stereocenters. The smallest absolute Gasteiger partial charge is 0.248 e. The van der Waals surface area contributed by atoms with Crippen molar-refractivity contribution in [3.05, 3.63) is 73.1 Å². The monoisotopic (exact) mass is 319 g/mol. The Labute approximate surface area is 142 Å². The maximum atomic E-state index is 12.8. The minimum absolute atomic E-state index is 0.0268. The lowest BCUT2D eigenvalue weighted by atomic mass is 10.1. The third-order valence-electron chi connectivity index (χ3n) is 3.86. The van der Waals surface area contributed by atoms with Gasteiger partial charge in [-0.25, -0.2) is 0 Å². The highest BCUT2D eigenvalue weighted by molar-refractivity contribution is 5.93. The summed E-state index contributed by atoms with van der Waals surface area (Å²) in [5.41, 5.74) is 3.02. The van der Waals surface area contributed by atoms with Crippen molar-refractivity contribution in [1.29, 1.82) is 0 Å². The van der Waals surface area contributed by atoms with Crippen LogP contribution in [0.4, 0.5) is 5.69 Å². The fourth-order valence-electron chi connectivity index (χ4n) is 2.76. The molecule has 0 saturated carbocycles. The fraction of sp³-hybridized carbons (Fsp3) is 0.200. The van der Waals surface area contributed by atoms with Crippen LogP contribution >= 0.6 is 0 Å². The van der Waals surface area contributed by atoms with Crippen LogP contribution in [0.2, 0.25) is 0 Å². The molecule has 2 aromatic carbocycles. The highest BCUT2D eigenvalue weighted by Gasteiger charge is 2.19. The average Bonchev–Trinajstić information content (AvgIpc) is 3.05. The summed E-state index contributed by atoms with van der Waals surface area (Å²) >= 11 is 0. The highest BCUT2D eigenvalue weighted by atomic mass is 16.2. The van der Waals surface area contributed by atoms with E-state index in [0.29, 0.717) is 0 Å². The minimum Gasteiger partial charge on any atom is -0.308 e. The van der Waals surface area contributed by atoms with Crippen molar-refractivity contribution in [1.82, 2.24) is 9.78 Å². The first-order chi connectivity index (χ1) is 11.6. The molecule has 0 aliphatic rings. The Morgan fingerprint density at radius 3 is 2.25 bits per heavy atom. The number of amides is 1. The van der Waals surface area contributed by atoms with Crippen molar-refractivity contribution < 1.29 is 4.79 Å². The molecule has 122 valence electrons. The van der Waals surface area contributed by atoms with E-state index in [1.165, 1.54) is 0 Å². The Balaban J connectivity index is 1.78. The summed E-state index contributed by atoms with van der Waals surface area (Å²) in [6.45, 7) is 4.26. The van der Waals surface area contributed by atoms with Gasteiger partial charge in [0.25, 0.3) is 0 Å². The van der Waals surface area contributed by atoms with E-state index >= 15 is 0 Å². The molecular weight excluding hydrogens is 298 g/mol. The van der Waals surface area contributed by atoms with Crippen molar-refractivity contribution >= 4 is 11.6 Å². The van der Waals surface area contributed by atoms with Gasteiger partial charge in [0, 0.05) is 23.5 Å².